The fourth-order valence-electron chi connectivity index (χ4n) is 2.27. The van der Waals surface area contributed by atoms with Gasteiger partial charge in [-0.2, -0.15) is 5.26 Å². The first-order chi connectivity index (χ1) is 13.1. The third-order valence-electron chi connectivity index (χ3n) is 3.45. The van der Waals surface area contributed by atoms with Gasteiger partial charge in [-0.3, -0.25) is 0 Å². The molecule has 1 aromatic heterocycles. The molecule has 27 heavy (non-hydrogen) atoms. The second-order valence-electron chi connectivity index (χ2n) is 5.20. The van der Waals surface area contributed by atoms with Gasteiger partial charge in [0.25, 0.3) is 5.22 Å². The summed E-state index contributed by atoms with van der Waals surface area (Å²) in [5, 5.41) is 20.3. The van der Waals surface area contributed by atoms with Gasteiger partial charge in [0, 0.05) is 4.91 Å². The molecule has 0 amide bonds. The highest BCUT2D eigenvalue weighted by Crippen LogP contribution is 2.33. The van der Waals surface area contributed by atoms with Crippen molar-refractivity contribution < 1.29 is 23.8 Å². The van der Waals surface area contributed by atoms with Crippen molar-refractivity contribution >= 4 is 34.9 Å². The number of nitrogens with zero attached hydrogens (tertiary/aromatic N) is 2. The predicted octanol–water partition coefficient (Wildman–Crippen LogP) is 2.62. The topological polar surface area (TPSA) is 108 Å². The molecular weight excluding hydrogens is 368 g/mol. The molecule has 0 unspecified atom stereocenters. The van der Waals surface area contributed by atoms with Crippen molar-refractivity contribution in [3.63, 3.8) is 0 Å². The summed E-state index contributed by atoms with van der Waals surface area (Å²) in [5.41, 5.74) is 1.76. The molecule has 0 saturated carbocycles. The monoisotopic (exact) mass is 381 g/mol. The molecule has 0 aliphatic carbocycles. The molecule has 3 aromatic rings. The number of rotatable bonds is 7. The second kappa shape index (κ2) is 8.29. The number of oxazole rings is 1. The normalized spacial score (nSPS) is 11.2. The predicted molar refractivity (Wildman–Crippen MR) is 97.0 cm³/mol. The summed E-state index contributed by atoms with van der Waals surface area (Å²) in [7, 11) is 1.45. The van der Waals surface area contributed by atoms with E-state index in [1.165, 1.54) is 13.2 Å². The molecule has 0 fully saturated rings. The number of carboxylic acids is 1. The number of carbonyl (C=O) groups is 1. The lowest BCUT2D eigenvalue weighted by Gasteiger charge is -2.10. The molecule has 7 nitrogen and oxygen atoms in total. The van der Waals surface area contributed by atoms with Crippen LogP contribution in [0.3, 0.4) is 0 Å². The highest BCUT2D eigenvalue weighted by atomic mass is 32.2. The average molecular weight is 381 g/mol. The van der Waals surface area contributed by atoms with Crippen LogP contribution in [0.25, 0.3) is 17.2 Å². The number of thioether (sulfide) groups is 1. The smallest absolute Gasteiger partial charge is 0.261 e. The number of hydrogen-bond donors (Lipinski definition) is 0. The molecule has 0 saturated heterocycles. The van der Waals surface area contributed by atoms with E-state index in [1.807, 2.05) is 12.1 Å². The lowest BCUT2D eigenvalue weighted by atomic mass is 10.2. The summed E-state index contributed by atoms with van der Waals surface area (Å²) in [4.78, 5) is 15.7. The van der Waals surface area contributed by atoms with E-state index < -0.39 is 5.97 Å². The third kappa shape index (κ3) is 4.40. The number of para-hydroxylation sites is 2. The fraction of sp³-hybridized carbons (Fsp3) is 0.105. The van der Waals surface area contributed by atoms with E-state index in [-0.39, 0.29) is 16.7 Å². The van der Waals surface area contributed by atoms with Gasteiger partial charge in [-0.25, -0.2) is 4.98 Å². The van der Waals surface area contributed by atoms with Crippen LogP contribution in [0.1, 0.15) is 5.56 Å². The van der Waals surface area contributed by atoms with Crippen molar-refractivity contribution in [1.29, 1.82) is 5.26 Å². The maximum atomic E-state index is 11.5. The van der Waals surface area contributed by atoms with Crippen molar-refractivity contribution in [2.45, 2.75) is 5.22 Å². The van der Waals surface area contributed by atoms with Crippen LogP contribution in [-0.4, -0.2) is 24.7 Å². The van der Waals surface area contributed by atoms with E-state index in [0.717, 1.165) is 11.8 Å². The molecule has 8 heteroatoms. The minimum atomic E-state index is -1.36. The van der Waals surface area contributed by atoms with Crippen LogP contribution in [0.15, 0.2) is 57.0 Å². The van der Waals surface area contributed by atoms with E-state index in [1.54, 1.807) is 36.4 Å². The standard InChI is InChI=1S/C19H14N2O5S/c1-24-16-10-12(6-7-15(16)25-9-8-20)11-17(18(22)23)27-19-21-13-4-2-3-5-14(13)26-19/h2-7,10-11H,9H2,1H3,(H,22,23)/p-1/b17-11+. The third-order valence-corrected chi connectivity index (χ3v) is 4.30. The van der Waals surface area contributed by atoms with Crippen LogP contribution in [0.5, 0.6) is 11.5 Å². The fourth-order valence-corrected chi connectivity index (χ4v) is 3.02. The number of carbonyl (C=O) groups excluding carboxylic acids is 1. The zero-order valence-corrected chi connectivity index (χ0v) is 15.0. The Balaban J connectivity index is 1.89. The SMILES string of the molecule is COc1cc(/C=C(/Sc2nc3ccccc3o2)C(=O)[O-])ccc1OCC#N. The summed E-state index contributed by atoms with van der Waals surface area (Å²) in [6, 6.07) is 13.9. The van der Waals surface area contributed by atoms with Gasteiger partial charge < -0.3 is 23.8 Å². The van der Waals surface area contributed by atoms with Crippen molar-refractivity contribution in [3.05, 3.63) is 52.9 Å². The molecule has 3 rings (SSSR count). The van der Waals surface area contributed by atoms with Gasteiger partial charge in [-0.1, -0.05) is 18.2 Å². The zero-order valence-electron chi connectivity index (χ0n) is 14.2. The molecular formula is C19H13N2O5S-. The van der Waals surface area contributed by atoms with Crippen LogP contribution < -0.4 is 14.6 Å². The lowest BCUT2D eigenvalue weighted by Crippen LogP contribution is -2.23. The first-order valence-electron chi connectivity index (χ1n) is 7.75. The van der Waals surface area contributed by atoms with E-state index in [4.69, 9.17) is 19.2 Å². The number of methoxy groups -OCH3 is 1. The van der Waals surface area contributed by atoms with Crippen LogP contribution in [0.4, 0.5) is 0 Å². The van der Waals surface area contributed by atoms with E-state index in [9.17, 15) is 9.90 Å². The van der Waals surface area contributed by atoms with E-state index in [2.05, 4.69) is 4.98 Å². The molecule has 2 aromatic carbocycles. The Morgan fingerprint density at radius 2 is 2.15 bits per heavy atom. The Hall–Kier alpha value is -3.44. The molecule has 0 bridgehead atoms. The minimum Gasteiger partial charge on any atom is -0.544 e. The van der Waals surface area contributed by atoms with Gasteiger partial charge >= 0.3 is 0 Å². The first-order valence-corrected chi connectivity index (χ1v) is 8.56. The van der Waals surface area contributed by atoms with Crippen LogP contribution in [0.2, 0.25) is 0 Å². The van der Waals surface area contributed by atoms with Crippen molar-refractivity contribution in [1.82, 2.24) is 4.98 Å². The zero-order chi connectivity index (χ0) is 19.2. The Labute approximate surface area is 158 Å². The van der Waals surface area contributed by atoms with Crippen molar-refractivity contribution in [2.75, 3.05) is 13.7 Å². The molecule has 1 heterocycles. The largest absolute Gasteiger partial charge is 0.544 e. The Morgan fingerprint density at radius 3 is 2.85 bits per heavy atom. The van der Waals surface area contributed by atoms with Gasteiger partial charge in [-0.15, -0.1) is 0 Å². The summed E-state index contributed by atoms with van der Waals surface area (Å²) >= 11 is 0.855. The summed E-state index contributed by atoms with van der Waals surface area (Å²) < 4.78 is 16.0. The summed E-state index contributed by atoms with van der Waals surface area (Å²) in [6.45, 7) is -0.122. The van der Waals surface area contributed by atoms with Gasteiger partial charge in [0.1, 0.15) is 11.6 Å². The van der Waals surface area contributed by atoms with E-state index >= 15 is 0 Å². The van der Waals surface area contributed by atoms with Crippen LogP contribution >= 0.6 is 11.8 Å². The van der Waals surface area contributed by atoms with Gasteiger partial charge in [0.15, 0.2) is 23.7 Å². The van der Waals surface area contributed by atoms with Crippen LogP contribution in [-0.2, 0) is 4.79 Å². The molecule has 136 valence electrons. The Kier molecular flexibility index (Phi) is 5.64. The molecule has 0 aliphatic heterocycles. The van der Waals surface area contributed by atoms with Gasteiger partial charge in [0.05, 0.1) is 13.1 Å². The molecule has 0 N–H and O–H groups in total. The summed E-state index contributed by atoms with van der Waals surface area (Å²) in [5.74, 6) is -0.590. The maximum Gasteiger partial charge on any atom is 0.261 e. The number of fused-ring (bicyclic) bond motifs is 1. The number of aromatic nitrogens is 1. The second-order valence-corrected chi connectivity index (χ2v) is 6.20. The molecule has 0 radical (unpaired) electrons. The minimum absolute atomic E-state index is 0.0747. The maximum absolute atomic E-state index is 11.5. The van der Waals surface area contributed by atoms with Crippen LogP contribution in [0, 0.1) is 11.3 Å². The van der Waals surface area contributed by atoms with Gasteiger partial charge in [0.2, 0.25) is 0 Å². The molecule has 0 spiro atoms. The number of ether oxygens (including phenoxy) is 2. The summed E-state index contributed by atoms with van der Waals surface area (Å²) in [6.07, 6.45) is 1.42. The lowest BCUT2D eigenvalue weighted by molar-refractivity contribution is -0.298. The molecule has 0 atom stereocenters. The van der Waals surface area contributed by atoms with Crippen molar-refractivity contribution in [3.8, 4) is 17.6 Å². The Morgan fingerprint density at radius 1 is 1.33 bits per heavy atom. The van der Waals surface area contributed by atoms with E-state index in [0.29, 0.717) is 28.2 Å². The highest BCUT2D eigenvalue weighted by molar-refractivity contribution is 8.03. The average Bonchev–Trinajstić information content (AvgIpc) is 3.08. The highest BCUT2D eigenvalue weighted by Gasteiger charge is 2.11. The Bertz CT molecular complexity index is 1020. The first kappa shape index (κ1) is 18.4. The quantitative estimate of drug-likeness (QED) is 0.454. The number of nitriles is 1. The number of benzene rings is 2. The number of carboxylic acid groups (broad SMARTS) is 1. The number of hydrogen-bond acceptors (Lipinski definition) is 8. The number of aliphatic carboxylic acids is 1. The van der Waals surface area contributed by atoms with Crippen molar-refractivity contribution in [2.24, 2.45) is 0 Å². The molecule has 0 aliphatic rings. The van der Waals surface area contributed by atoms with Gasteiger partial charge in [-0.05, 0) is 47.7 Å².